The highest BCUT2D eigenvalue weighted by Gasteiger charge is 2.34. The Bertz CT molecular complexity index is 1220. The van der Waals surface area contributed by atoms with Crippen LogP contribution < -0.4 is 16.0 Å². The van der Waals surface area contributed by atoms with E-state index in [9.17, 15) is 13.2 Å². The number of rotatable bonds is 5. The molecule has 3 aromatic rings. The maximum atomic E-state index is 13.4. The topological polar surface area (TPSA) is 70.3 Å². The quantitative estimate of drug-likeness (QED) is 0.480. The largest absolute Gasteiger partial charge is 0.416 e. The normalized spacial score (nSPS) is 17.1. The second-order valence-electron chi connectivity index (χ2n) is 9.88. The number of nitrogens with one attached hydrogen (secondary N) is 1. The van der Waals surface area contributed by atoms with Crippen LogP contribution in [0.2, 0.25) is 0 Å². The molecule has 1 aliphatic heterocycles. The van der Waals surface area contributed by atoms with E-state index >= 15 is 0 Å². The number of hydrogen-bond donors (Lipinski definition) is 2. The molecular weight excluding hydrogens is 453 g/mol. The van der Waals surface area contributed by atoms with Gasteiger partial charge in [-0.15, -0.1) is 5.10 Å². The van der Waals surface area contributed by atoms with E-state index in [-0.39, 0.29) is 11.1 Å². The van der Waals surface area contributed by atoms with Gasteiger partial charge in [-0.2, -0.15) is 18.3 Å². The van der Waals surface area contributed by atoms with Gasteiger partial charge in [-0.05, 0) is 77.0 Å². The molecule has 1 saturated heterocycles. The number of hydrogen-bond acceptors (Lipinski definition) is 6. The number of aromatic nitrogens is 2. The third-order valence-corrected chi connectivity index (χ3v) is 7.54. The van der Waals surface area contributed by atoms with Gasteiger partial charge in [0.2, 0.25) is 0 Å². The van der Waals surface area contributed by atoms with E-state index in [4.69, 9.17) is 5.73 Å². The van der Waals surface area contributed by atoms with Crippen molar-refractivity contribution in [2.45, 2.75) is 51.5 Å². The predicted molar refractivity (Wildman–Crippen MR) is 135 cm³/mol. The number of anilines is 2. The van der Waals surface area contributed by atoms with Crippen molar-refractivity contribution in [3.63, 3.8) is 0 Å². The molecular formula is C26H33F3N6. The zero-order valence-electron chi connectivity index (χ0n) is 20.9. The summed E-state index contributed by atoms with van der Waals surface area (Å²) in [6, 6.07) is 10.2. The Kier molecular flexibility index (Phi) is 6.68. The third kappa shape index (κ3) is 4.92. The monoisotopic (exact) mass is 486 g/mol. The zero-order chi connectivity index (χ0) is 25.5. The molecule has 9 heteroatoms. The summed E-state index contributed by atoms with van der Waals surface area (Å²) in [5, 5.41) is 13.4. The highest BCUT2D eigenvalue weighted by atomic mass is 19.4. The van der Waals surface area contributed by atoms with Crippen molar-refractivity contribution in [3.8, 4) is 0 Å². The summed E-state index contributed by atoms with van der Waals surface area (Å²) in [5.41, 5.74) is 8.16. The lowest BCUT2D eigenvalue weighted by molar-refractivity contribution is -0.138. The first kappa shape index (κ1) is 25.2. The SMILES string of the molecule is Cc1c([C@@H](N)Nc2nnc(C)c3ccc(N4CCC(C)(N(C)C)CC4)cc23)cccc1C(F)(F)F. The van der Waals surface area contributed by atoms with Crippen LogP contribution in [0.3, 0.4) is 0 Å². The summed E-state index contributed by atoms with van der Waals surface area (Å²) >= 11 is 0. The van der Waals surface area contributed by atoms with Gasteiger partial charge < -0.3 is 20.9 Å². The predicted octanol–water partition coefficient (Wildman–Crippen LogP) is 5.26. The molecule has 4 rings (SSSR count). The summed E-state index contributed by atoms with van der Waals surface area (Å²) in [7, 11) is 4.25. The second-order valence-corrected chi connectivity index (χ2v) is 9.88. The number of nitrogens with zero attached hydrogens (tertiary/aromatic N) is 4. The standard InChI is InChI=1S/C26H33F3N6/c1-16-19(7-6-8-22(16)26(27,28)29)23(30)31-24-21-15-18(9-10-20(21)17(2)32-33-24)35-13-11-25(3,12-14-35)34(4)5/h6-10,15,23H,11-14,30H2,1-5H3,(H,31,33)/t23-/m0/s1. The smallest absolute Gasteiger partial charge is 0.371 e. The Balaban J connectivity index is 1.65. The minimum atomic E-state index is -4.44. The van der Waals surface area contributed by atoms with Gasteiger partial charge in [0, 0.05) is 35.1 Å². The summed E-state index contributed by atoms with van der Waals surface area (Å²) < 4.78 is 40.2. The van der Waals surface area contributed by atoms with Crippen LogP contribution in [0.15, 0.2) is 36.4 Å². The van der Waals surface area contributed by atoms with Crippen molar-refractivity contribution in [2.24, 2.45) is 5.73 Å². The fraction of sp³-hybridized carbons (Fsp3) is 0.462. The summed E-state index contributed by atoms with van der Waals surface area (Å²) in [6.45, 7) is 7.49. The lowest BCUT2D eigenvalue weighted by Crippen LogP contribution is -2.50. The maximum absolute atomic E-state index is 13.4. The van der Waals surface area contributed by atoms with Crippen LogP contribution in [0.4, 0.5) is 24.7 Å². The van der Waals surface area contributed by atoms with E-state index in [0.29, 0.717) is 11.4 Å². The molecule has 1 aromatic heterocycles. The van der Waals surface area contributed by atoms with Crippen LogP contribution in [0.1, 0.15) is 48.3 Å². The molecule has 6 nitrogen and oxygen atoms in total. The number of halogens is 3. The molecule has 2 aromatic carbocycles. The Morgan fingerprint density at radius 3 is 2.37 bits per heavy atom. The minimum absolute atomic E-state index is 0.0994. The van der Waals surface area contributed by atoms with Crippen molar-refractivity contribution in [3.05, 3.63) is 58.8 Å². The molecule has 0 bridgehead atoms. The van der Waals surface area contributed by atoms with Gasteiger partial charge in [0.05, 0.1) is 11.3 Å². The van der Waals surface area contributed by atoms with Gasteiger partial charge in [-0.3, -0.25) is 0 Å². The fourth-order valence-electron chi connectivity index (χ4n) is 4.80. The molecule has 1 atom stereocenters. The van der Waals surface area contributed by atoms with E-state index in [2.05, 4.69) is 58.5 Å². The first-order chi connectivity index (χ1) is 16.4. The average molecular weight is 487 g/mol. The van der Waals surface area contributed by atoms with Crippen molar-refractivity contribution < 1.29 is 13.2 Å². The molecule has 0 amide bonds. The van der Waals surface area contributed by atoms with Crippen molar-refractivity contribution in [2.75, 3.05) is 37.4 Å². The van der Waals surface area contributed by atoms with Crippen LogP contribution in [0.25, 0.3) is 10.8 Å². The van der Waals surface area contributed by atoms with Crippen molar-refractivity contribution >= 4 is 22.3 Å². The van der Waals surface area contributed by atoms with Gasteiger partial charge in [-0.25, -0.2) is 0 Å². The molecule has 0 radical (unpaired) electrons. The third-order valence-electron chi connectivity index (χ3n) is 7.54. The number of fused-ring (bicyclic) bond motifs is 1. The highest BCUT2D eigenvalue weighted by molar-refractivity contribution is 5.95. The first-order valence-corrected chi connectivity index (χ1v) is 11.8. The van der Waals surface area contributed by atoms with E-state index < -0.39 is 17.9 Å². The van der Waals surface area contributed by atoms with Gasteiger partial charge in [0.1, 0.15) is 6.17 Å². The molecule has 1 aliphatic rings. The number of benzene rings is 2. The summed E-state index contributed by atoms with van der Waals surface area (Å²) in [4.78, 5) is 4.66. The molecule has 1 fully saturated rings. The molecule has 3 N–H and O–H groups in total. The van der Waals surface area contributed by atoms with Gasteiger partial charge >= 0.3 is 6.18 Å². The number of nitrogens with two attached hydrogens (primary N) is 1. The van der Waals surface area contributed by atoms with E-state index in [1.165, 1.54) is 13.0 Å². The maximum Gasteiger partial charge on any atom is 0.416 e. The lowest BCUT2D eigenvalue weighted by atomic mass is 9.88. The van der Waals surface area contributed by atoms with Gasteiger partial charge in [0.25, 0.3) is 0 Å². The van der Waals surface area contributed by atoms with Crippen LogP contribution >= 0.6 is 0 Å². The highest BCUT2D eigenvalue weighted by Crippen LogP contribution is 2.36. The van der Waals surface area contributed by atoms with Gasteiger partial charge in [-0.1, -0.05) is 18.2 Å². The molecule has 35 heavy (non-hydrogen) atoms. The van der Waals surface area contributed by atoms with Crippen LogP contribution in [-0.2, 0) is 6.18 Å². The van der Waals surface area contributed by atoms with E-state index in [1.807, 2.05) is 13.0 Å². The van der Waals surface area contributed by atoms with Crippen molar-refractivity contribution in [1.82, 2.24) is 15.1 Å². The Labute approximate surface area is 204 Å². The molecule has 2 heterocycles. The van der Waals surface area contributed by atoms with E-state index in [1.54, 1.807) is 6.07 Å². The van der Waals surface area contributed by atoms with Crippen LogP contribution in [0.5, 0.6) is 0 Å². The summed E-state index contributed by atoms with van der Waals surface area (Å²) in [6.07, 6.45) is -3.22. The number of aryl methyl sites for hydroxylation is 1. The van der Waals surface area contributed by atoms with E-state index in [0.717, 1.165) is 54.2 Å². The number of alkyl halides is 3. The van der Waals surface area contributed by atoms with Gasteiger partial charge in [0.15, 0.2) is 5.82 Å². The lowest BCUT2D eigenvalue weighted by Gasteiger charge is -2.44. The molecule has 0 unspecified atom stereocenters. The minimum Gasteiger partial charge on any atom is -0.371 e. The Hall–Kier alpha value is -2.91. The van der Waals surface area contributed by atoms with Crippen LogP contribution in [-0.4, -0.2) is 47.8 Å². The molecule has 188 valence electrons. The Morgan fingerprint density at radius 1 is 1.06 bits per heavy atom. The molecule has 0 spiro atoms. The number of piperidine rings is 1. The Morgan fingerprint density at radius 2 is 1.74 bits per heavy atom. The average Bonchev–Trinajstić information content (AvgIpc) is 2.80. The fourth-order valence-corrected chi connectivity index (χ4v) is 4.80. The summed E-state index contributed by atoms with van der Waals surface area (Å²) in [5.74, 6) is 0.451. The second kappa shape index (κ2) is 9.28. The molecule has 0 saturated carbocycles. The molecule has 0 aliphatic carbocycles. The van der Waals surface area contributed by atoms with Crippen LogP contribution in [0, 0.1) is 13.8 Å². The first-order valence-electron chi connectivity index (χ1n) is 11.8. The zero-order valence-corrected chi connectivity index (χ0v) is 20.9. The van der Waals surface area contributed by atoms with Crippen molar-refractivity contribution in [1.29, 1.82) is 0 Å².